The molecule has 1 aromatic heterocycles. The minimum Gasteiger partial charge on any atom is -0.490 e. The van der Waals surface area contributed by atoms with Gasteiger partial charge in [0.15, 0.2) is 11.5 Å². The van der Waals surface area contributed by atoms with Crippen LogP contribution in [0.2, 0.25) is 5.02 Å². The van der Waals surface area contributed by atoms with Crippen LogP contribution >= 0.6 is 23.4 Å². The first-order valence-corrected chi connectivity index (χ1v) is 12.9. The minimum absolute atomic E-state index is 0.458. The molecule has 9 heteroatoms. The van der Waals surface area contributed by atoms with Gasteiger partial charge in [0.1, 0.15) is 6.61 Å². The predicted octanol–water partition coefficient (Wildman–Crippen LogP) is 5.57. The van der Waals surface area contributed by atoms with Crippen LogP contribution in [0.15, 0.2) is 78.0 Å². The minimum atomic E-state index is 0.458. The van der Waals surface area contributed by atoms with E-state index in [4.69, 9.17) is 21.1 Å². The van der Waals surface area contributed by atoms with Gasteiger partial charge in [-0.25, -0.2) is 0 Å². The molecule has 0 unspecified atom stereocenters. The third-order valence-electron chi connectivity index (χ3n) is 5.14. The number of hydrogen-bond acceptors (Lipinski definition) is 7. The lowest BCUT2D eigenvalue weighted by atomic mass is 10.2. The summed E-state index contributed by atoms with van der Waals surface area (Å²) in [5.74, 6) is 2.25. The Balaban J connectivity index is 1.26. The standard InChI is InChI=1S/C26H28ClN5O2S/c1-2-33-24-16-21(23(27)17-25(24)34-19-20-10-5-3-6-11-20)18-28-14-9-15-35-26-29-30-31-32(26)22-12-7-4-8-13-22/h3-8,10-13,16-17,28H,2,9,14-15,18-19H2,1H3. The van der Waals surface area contributed by atoms with Gasteiger partial charge in [0.2, 0.25) is 5.16 Å². The van der Waals surface area contributed by atoms with Crippen LogP contribution in [-0.4, -0.2) is 39.1 Å². The summed E-state index contributed by atoms with van der Waals surface area (Å²) in [5.41, 5.74) is 3.02. The van der Waals surface area contributed by atoms with E-state index >= 15 is 0 Å². The van der Waals surface area contributed by atoms with E-state index in [1.807, 2.05) is 79.7 Å². The summed E-state index contributed by atoms with van der Waals surface area (Å²) in [6.07, 6.45) is 0.959. The molecule has 35 heavy (non-hydrogen) atoms. The number of hydrogen-bond donors (Lipinski definition) is 1. The monoisotopic (exact) mass is 509 g/mol. The predicted molar refractivity (Wildman–Crippen MR) is 140 cm³/mol. The SMILES string of the molecule is CCOc1cc(CNCCCSc2nnnn2-c2ccccc2)c(Cl)cc1OCc1ccccc1. The van der Waals surface area contributed by atoms with Crippen molar-refractivity contribution in [3.63, 3.8) is 0 Å². The molecule has 0 saturated heterocycles. The number of thioether (sulfide) groups is 1. The van der Waals surface area contributed by atoms with E-state index in [-0.39, 0.29) is 0 Å². The lowest BCUT2D eigenvalue weighted by Crippen LogP contribution is -2.16. The molecule has 1 N–H and O–H groups in total. The maximum atomic E-state index is 6.56. The number of aromatic nitrogens is 4. The molecule has 0 saturated carbocycles. The maximum Gasteiger partial charge on any atom is 0.214 e. The Morgan fingerprint density at radius 3 is 2.49 bits per heavy atom. The second-order valence-corrected chi connectivity index (χ2v) is 9.15. The summed E-state index contributed by atoms with van der Waals surface area (Å²) in [6.45, 7) is 4.45. The number of halogens is 1. The van der Waals surface area contributed by atoms with Gasteiger partial charge in [-0.1, -0.05) is 71.9 Å². The molecule has 7 nitrogen and oxygen atoms in total. The molecule has 4 rings (SSSR count). The second kappa shape index (κ2) is 13.1. The van der Waals surface area contributed by atoms with Crippen LogP contribution in [0.4, 0.5) is 0 Å². The maximum absolute atomic E-state index is 6.56. The van der Waals surface area contributed by atoms with Crippen molar-refractivity contribution in [3.8, 4) is 17.2 Å². The van der Waals surface area contributed by atoms with E-state index in [1.165, 1.54) is 0 Å². The van der Waals surface area contributed by atoms with Crippen LogP contribution < -0.4 is 14.8 Å². The molecule has 0 aliphatic rings. The highest BCUT2D eigenvalue weighted by Crippen LogP contribution is 2.34. The number of para-hydroxylation sites is 1. The summed E-state index contributed by atoms with van der Waals surface area (Å²) < 4.78 is 13.6. The van der Waals surface area contributed by atoms with Crippen molar-refractivity contribution in [2.45, 2.75) is 31.7 Å². The molecule has 0 aliphatic heterocycles. The quantitative estimate of drug-likeness (QED) is 0.187. The van der Waals surface area contributed by atoms with Crippen LogP contribution in [-0.2, 0) is 13.2 Å². The Bertz CT molecular complexity index is 1190. The zero-order valence-electron chi connectivity index (χ0n) is 19.6. The fraction of sp³-hybridized carbons (Fsp3) is 0.269. The van der Waals surface area contributed by atoms with Crippen molar-refractivity contribution in [2.75, 3.05) is 18.9 Å². The van der Waals surface area contributed by atoms with E-state index in [0.29, 0.717) is 36.3 Å². The molecule has 182 valence electrons. The highest BCUT2D eigenvalue weighted by molar-refractivity contribution is 7.99. The van der Waals surface area contributed by atoms with E-state index in [1.54, 1.807) is 16.4 Å². The van der Waals surface area contributed by atoms with Crippen molar-refractivity contribution in [1.29, 1.82) is 0 Å². The number of rotatable bonds is 13. The average Bonchev–Trinajstić information content (AvgIpc) is 3.36. The first-order valence-electron chi connectivity index (χ1n) is 11.5. The topological polar surface area (TPSA) is 74.1 Å². The molecule has 0 spiro atoms. The summed E-state index contributed by atoms with van der Waals surface area (Å²) in [4.78, 5) is 0. The Hall–Kier alpha value is -3.07. The molecule has 0 aliphatic carbocycles. The Morgan fingerprint density at radius 1 is 0.971 bits per heavy atom. The summed E-state index contributed by atoms with van der Waals surface area (Å²) in [5, 5.41) is 16.9. The van der Waals surface area contributed by atoms with Crippen molar-refractivity contribution < 1.29 is 9.47 Å². The van der Waals surface area contributed by atoms with Crippen LogP contribution in [0, 0.1) is 0 Å². The Labute approximate surface area is 214 Å². The van der Waals surface area contributed by atoms with Crippen molar-refractivity contribution in [1.82, 2.24) is 25.5 Å². The molecule has 0 fully saturated rings. The van der Waals surface area contributed by atoms with Gasteiger partial charge in [-0.2, -0.15) is 4.68 Å². The van der Waals surface area contributed by atoms with E-state index in [2.05, 4.69) is 20.8 Å². The zero-order chi connectivity index (χ0) is 24.3. The van der Waals surface area contributed by atoms with Gasteiger partial charge in [-0.3, -0.25) is 0 Å². The van der Waals surface area contributed by atoms with Gasteiger partial charge in [0.25, 0.3) is 0 Å². The molecule has 0 radical (unpaired) electrons. The Kier molecular flexibility index (Phi) is 9.39. The fourth-order valence-corrected chi connectivity index (χ4v) is 4.46. The van der Waals surface area contributed by atoms with Crippen LogP contribution in [0.5, 0.6) is 11.5 Å². The van der Waals surface area contributed by atoms with E-state index in [9.17, 15) is 0 Å². The van der Waals surface area contributed by atoms with Crippen molar-refractivity contribution in [2.24, 2.45) is 0 Å². The van der Waals surface area contributed by atoms with Crippen LogP contribution in [0.3, 0.4) is 0 Å². The summed E-state index contributed by atoms with van der Waals surface area (Å²) in [7, 11) is 0. The van der Waals surface area contributed by atoms with E-state index in [0.717, 1.165) is 40.7 Å². The van der Waals surface area contributed by atoms with E-state index < -0.39 is 0 Å². The number of tetrazole rings is 1. The van der Waals surface area contributed by atoms with Crippen molar-refractivity contribution >= 4 is 23.4 Å². The van der Waals surface area contributed by atoms with Gasteiger partial charge in [0, 0.05) is 23.4 Å². The van der Waals surface area contributed by atoms with Gasteiger partial charge in [0.05, 0.1) is 12.3 Å². The molecular weight excluding hydrogens is 482 g/mol. The van der Waals surface area contributed by atoms with Gasteiger partial charge >= 0.3 is 0 Å². The number of benzene rings is 3. The van der Waals surface area contributed by atoms with Crippen LogP contribution in [0.25, 0.3) is 5.69 Å². The fourth-order valence-electron chi connectivity index (χ4n) is 3.41. The third-order valence-corrected chi connectivity index (χ3v) is 6.49. The third kappa shape index (κ3) is 7.21. The lowest BCUT2D eigenvalue weighted by Gasteiger charge is -2.15. The first kappa shape index (κ1) is 25.0. The molecule has 1 heterocycles. The zero-order valence-corrected chi connectivity index (χ0v) is 21.1. The normalized spacial score (nSPS) is 10.9. The number of ether oxygens (including phenoxy) is 2. The van der Waals surface area contributed by atoms with Crippen LogP contribution in [0.1, 0.15) is 24.5 Å². The van der Waals surface area contributed by atoms with Gasteiger partial charge < -0.3 is 14.8 Å². The van der Waals surface area contributed by atoms with Crippen molar-refractivity contribution in [3.05, 3.63) is 88.9 Å². The second-order valence-electron chi connectivity index (χ2n) is 7.69. The summed E-state index contributed by atoms with van der Waals surface area (Å²) >= 11 is 8.20. The molecule has 0 amide bonds. The highest BCUT2D eigenvalue weighted by atomic mass is 35.5. The summed E-state index contributed by atoms with van der Waals surface area (Å²) in [6, 6.07) is 23.7. The Morgan fingerprint density at radius 2 is 1.71 bits per heavy atom. The highest BCUT2D eigenvalue weighted by Gasteiger charge is 2.12. The number of nitrogens with zero attached hydrogens (tertiary/aromatic N) is 4. The largest absolute Gasteiger partial charge is 0.490 e. The number of nitrogens with one attached hydrogen (secondary N) is 1. The smallest absolute Gasteiger partial charge is 0.214 e. The van der Waals surface area contributed by atoms with Gasteiger partial charge in [-0.15, -0.1) is 5.10 Å². The molecular formula is C26H28ClN5O2S. The van der Waals surface area contributed by atoms with Gasteiger partial charge in [-0.05, 0) is 59.6 Å². The molecule has 3 aromatic carbocycles. The molecule has 0 bridgehead atoms. The lowest BCUT2D eigenvalue weighted by molar-refractivity contribution is 0.269. The molecule has 0 atom stereocenters. The first-order chi connectivity index (χ1) is 17.2. The average molecular weight is 510 g/mol. The molecule has 4 aromatic rings.